The van der Waals surface area contributed by atoms with Gasteiger partial charge in [0.25, 0.3) is 0 Å². The molecule has 0 saturated heterocycles. The molecule has 1 saturated carbocycles. The van der Waals surface area contributed by atoms with Crippen molar-refractivity contribution in [1.29, 1.82) is 0 Å². The van der Waals surface area contributed by atoms with Gasteiger partial charge in [0.1, 0.15) is 0 Å². The van der Waals surface area contributed by atoms with Gasteiger partial charge in [-0.15, -0.1) is 0 Å². The summed E-state index contributed by atoms with van der Waals surface area (Å²) in [5, 5.41) is 13.4. The molecule has 0 radical (unpaired) electrons. The molecule has 19 heavy (non-hydrogen) atoms. The van der Waals surface area contributed by atoms with E-state index in [2.05, 4.69) is 19.2 Å². The van der Waals surface area contributed by atoms with Crippen molar-refractivity contribution in [2.24, 2.45) is 17.1 Å². The Labute approximate surface area is 115 Å². The maximum absolute atomic E-state index is 12.0. The zero-order chi connectivity index (χ0) is 14.1. The Morgan fingerprint density at radius 3 is 2.47 bits per heavy atom. The van der Waals surface area contributed by atoms with Crippen molar-refractivity contribution in [2.45, 2.75) is 57.6 Å². The van der Waals surface area contributed by atoms with Gasteiger partial charge in [0.15, 0.2) is 0 Å². The minimum absolute atomic E-state index is 0.00526. The summed E-state index contributed by atoms with van der Waals surface area (Å²) in [7, 11) is 0. The standard InChI is InChI=1S/C15H26N2O2/c1-14(2)5-7-15(19,8-6-14)10-17-13(18)11-3-4-12(16)9-11/h3-4,11-12,19H,5-10,16H2,1-2H3,(H,17,18). The number of carbonyl (C=O) groups excluding carboxylic acids is 1. The highest BCUT2D eigenvalue weighted by Gasteiger charge is 2.37. The highest BCUT2D eigenvalue weighted by atomic mass is 16.3. The molecule has 4 N–H and O–H groups in total. The quantitative estimate of drug-likeness (QED) is 0.675. The highest BCUT2D eigenvalue weighted by molar-refractivity contribution is 5.81. The van der Waals surface area contributed by atoms with Crippen LogP contribution in [0.15, 0.2) is 12.2 Å². The van der Waals surface area contributed by atoms with Crippen LogP contribution in [0.25, 0.3) is 0 Å². The molecule has 2 aliphatic carbocycles. The summed E-state index contributed by atoms with van der Waals surface area (Å²) < 4.78 is 0. The van der Waals surface area contributed by atoms with Gasteiger partial charge in [0.05, 0.1) is 11.5 Å². The summed E-state index contributed by atoms with van der Waals surface area (Å²) in [6.45, 7) is 4.83. The molecule has 4 nitrogen and oxygen atoms in total. The third-order valence-electron chi connectivity index (χ3n) is 4.58. The molecule has 0 aromatic carbocycles. The molecule has 1 fully saturated rings. The Morgan fingerprint density at radius 2 is 1.95 bits per heavy atom. The van der Waals surface area contributed by atoms with Crippen LogP contribution in [0.1, 0.15) is 46.0 Å². The molecule has 1 amide bonds. The maximum Gasteiger partial charge on any atom is 0.227 e. The van der Waals surface area contributed by atoms with E-state index in [4.69, 9.17) is 5.73 Å². The summed E-state index contributed by atoms with van der Waals surface area (Å²) in [5.74, 6) is -0.138. The van der Waals surface area contributed by atoms with E-state index < -0.39 is 5.60 Å². The molecule has 2 aliphatic rings. The molecule has 4 heteroatoms. The number of amides is 1. The number of hydrogen-bond acceptors (Lipinski definition) is 3. The highest BCUT2D eigenvalue weighted by Crippen LogP contribution is 2.39. The first-order valence-electron chi connectivity index (χ1n) is 7.24. The predicted molar refractivity (Wildman–Crippen MR) is 75.4 cm³/mol. The van der Waals surface area contributed by atoms with Crippen LogP contribution >= 0.6 is 0 Å². The molecule has 0 aromatic rings. The third kappa shape index (κ3) is 3.80. The minimum atomic E-state index is -0.727. The summed E-state index contributed by atoms with van der Waals surface area (Å²) in [5.41, 5.74) is 5.33. The summed E-state index contributed by atoms with van der Waals surface area (Å²) in [4.78, 5) is 12.0. The van der Waals surface area contributed by atoms with E-state index in [9.17, 15) is 9.90 Å². The van der Waals surface area contributed by atoms with Crippen molar-refractivity contribution < 1.29 is 9.90 Å². The number of rotatable bonds is 3. The van der Waals surface area contributed by atoms with Gasteiger partial charge < -0.3 is 16.2 Å². The molecule has 0 aromatic heterocycles. The van der Waals surface area contributed by atoms with E-state index in [1.54, 1.807) is 0 Å². The van der Waals surface area contributed by atoms with E-state index >= 15 is 0 Å². The second-order valence-electron chi connectivity index (χ2n) is 7.00. The van der Waals surface area contributed by atoms with E-state index in [1.165, 1.54) is 0 Å². The van der Waals surface area contributed by atoms with Gasteiger partial charge in [-0.2, -0.15) is 0 Å². The van der Waals surface area contributed by atoms with Gasteiger partial charge in [0.2, 0.25) is 5.91 Å². The van der Waals surface area contributed by atoms with Crippen LogP contribution in [0.4, 0.5) is 0 Å². The van der Waals surface area contributed by atoms with Crippen molar-refractivity contribution in [3.63, 3.8) is 0 Å². The maximum atomic E-state index is 12.0. The Balaban J connectivity index is 1.79. The van der Waals surface area contributed by atoms with Gasteiger partial charge in [0, 0.05) is 12.6 Å². The van der Waals surface area contributed by atoms with Gasteiger partial charge in [-0.25, -0.2) is 0 Å². The van der Waals surface area contributed by atoms with Crippen LogP contribution in [-0.2, 0) is 4.79 Å². The first-order chi connectivity index (χ1) is 8.80. The van der Waals surface area contributed by atoms with E-state index in [-0.39, 0.29) is 17.9 Å². The first kappa shape index (κ1) is 14.5. The lowest BCUT2D eigenvalue weighted by Gasteiger charge is -2.40. The largest absolute Gasteiger partial charge is 0.388 e. The fourth-order valence-electron chi connectivity index (χ4n) is 2.87. The van der Waals surface area contributed by atoms with E-state index in [0.717, 1.165) is 25.7 Å². The normalized spacial score (nSPS) is 32.2. The zero-order valence-corrected chi connectivity index (χ0v) is 12.0. The van der Waals surface area contributed by atoms with E-state index in [0.29, 0.717) is 18.4 Å². The molecule has 0 aliphatic heterocycles. The third-order valence-corrected chi connectivity index (χ3v) is 4.58. The van der Waals surface area contributed by atoms with Crippen molar-refractivity contribution >= 4 is 5.91 Å². The Morgan fingerprint density at radius 1 is 1.32 bits per heavy atom. The predicted octanol–water partition coefficient (Wildman–Crippen LogP) is 1.34. The second kappa shape index (κ2) is 5.25. The number of aliphatic hydroxyl groups is 1. The number of nitrogens with one attached hydrogen (secondary N) is 1. The molecule has 2 unspecified atom stereocenters. The Bertz CT molecular complexity index is 366. The first-order valence-corrected chi connectivity index (χ1v) is 7.24. The van der Waals surface area contributed by atoms with Crippen LogP contribution in [0.3, 0.4) is 0 Å². The van der Waals surface area contributed by atoms with Crippen LogP contribution in [0.5, 0.6) is 0 Å². The smallest absolute Gasteiger partial charge is 0.227 e. The average Bonchev–Trinajstić information content (AvgIpc) is 2.78. The molecule has 0 bridgehead atoms. The topological polar surface area (TPSA) is 75.3 Å². The van der Waals surface area contributed by atoms with Crippen molar-refractivity contribution in [3.8, 4) is 0 Å². The van der Waals surface area contributed by atoms with Crippen LogP contribution in [0.2, 0.25) is 0 Å². The Kier molecular flexibility index (Phi) is 4.02. The number of carbonyl (C=O) groups is 1. The summed E-state index contributed by atoms with van der Waals surface area (Å²) in [6.07, 6.45) is 7.97. The zero-order valence-electron chi connectivity index (χ0n) is 12.0. The fraction of sp³-hybridized carbons (Fsp3) is 0.800. The number of nitrogens with two attached hydrogens (primary N) is 1. The Hall–Kier alpha value is -0.870. The van der Waals surface area contributed by atoms with Crippen molar-refractivity contribution in [3.05, 3.63) is 12.2 Å². The molecule has 2 rings (SSSR count). The lowest BCUT2D eigenvalue weighted by atomic mass is 9.71. The second-order valence-corrected chi connectivity index (χ2v) is 7.00. The van der Waals surface area contributed by atoms with Crippen molar-refractivity contribution in [2.75, 3.05) is 6.54 Å². The molecule has 0 spiro atoms. The van der Waals surface area contributed by atoms with E-state index in [1.807, 2.05) is 12.2 Å². The molecular weight excluding hydrogens is 240 g/mol. The minimum Gasteiger partial charge on any atom is -0.388 e. The SMILES string of the molecule is CC1(C)CCC(O)(CNC(=O)C2C=CC(N)C2)CC1. The average molecular weight is 266 g/mol. The summed E-state index contributed by atoms with van der Waals surface area (Å²) in [6, 6.07) is -0.00526. The van der Waals surface area contributed by atoms with Gasteiger partial charge in [-0.05, 0) is 37.5 Å². The monoisotopic (exact) mass is 266 g/mol. The molecule has 0 heterocycles. The summed E-state index contributed by atoms with van der Waals surface area (Å²) >= 11 is 0. The van der Waals surface area contributed by atoms with Crippen LogP contribution < -0.4 is 11.1 Å². The van der Waals surface area contributed by atoms with Crippen LogP contribution in [-0.4, -0.2) is 29.2 Å². The molecule has 108 valence electrons. The van der Waals surface area contributed by atoms with Crippen LogP contribution in [0, 0.1) is 11.3 Å². The fourth-order valence-corrected chi connectivity index (χ4v) is 2.87. The molecule has 2 atom stereocenters. The molecular formula is C15H26N2O2. The van der Waals surface area contributed by atoms with Gasteiger partial charge in [-0.1, -0.05) is 26.0 Å². The lowest BCUT2D eigenvalue weighted by molar-refractivity contribution is -0.125. The lowest BCUT2D eigenvalue weighted by Crippen LogP contribution is -2.47. The van der Waals surface area contributed by atoms with Crippen molar-refractivity contribution in [1.82, 2.24) is 5.32 Å². The number of hydrogen-bond donors (Lipinski definition) is 3. The van der Waals surface area contributed by atoms with Gasteiger partial charge >= 0.3 is 0 Å². The van der Waals surface area contributed by atoms with Gasteiger partial charge in [-0.3, -0.25) is 4.79 Å².